The van der Waals surface area contributed by atoms with Crippen molar-refractivity contribution in [3.63, 3.8) is 0 Å². The molecule has 4 heteroatoms. The third-order valence-corrected chi connectivity index (χ3v) is 3.79. The number of nitrogens with one attached hydrogen (secondary N) is 2. The molecule has 0 fully saturated rings. The summed E-state index contributed by atoms with van der Waals surface area (Å²) in [6.07, 6.45) is 2.22. The van der Waals surface area contributed by atoms with Crippen LogP contribution < -0.4 is 15.4 Å². The smallest absolute Gasteiger partial charge is 0.176 e. The minimum absolute atomic E-state index is 0.118. The Morgan fingerprint density at radius 3 is 3.00 bits per heavy atom. The SMILES string of the molecule is CCC(C)NCC(=O)c1ccc2c(c1)NCC(CC)O2. The molecule has 2 atom stereocenters. The second-order valence-corrected chi connectivity index (χ2v) is 5.35. The highest BCUT2D eigenvalue weighted by atomic mass is 16.5. The van der Waals surface area contributed by atoms with E-state index < -0.39 is 0 Å². The molecule has 4 nitrogen and oxygen atoms in total. The molecule has 0 spiro atoms. The van der Waals surface area contributed by atoms with E-state index in [1.165, 1.54) is 0 Å². The lowest BCUT2D eigenvalue weighted by molar-refractivity contribution is 0.0987. The fraction of sp³-hybridized carbons (Fsp3) is 0.562. The van der Waals surface area contributed by atoms with Gasteiger partial charge < -0.3 is 15.4 Å². The Hall–Kier alpha value is -1.55. The van der Waals surface area contributed by atoms with E-state index >= 15 is 0 Å². The topological polar surface area (TPSA) is 50.4 Å². The van der Waals surface area contributed by atoms with E-state index in [2.05, 4.69) is 31.4 Å². The molecule has 2 unspecified atom stereocenters. The molecule has 20 heavy (non-hydrogen) atoms. The zero-order valence-corrected chi connectivity index (χ0v) is 12.5. The molecule has 1 heterocycles. The van der Waals surface area contributed by atoms with Crippen molar-refractivity contribution >= 4 is 11.5 Å². The molecule has 0 saturated heterocycles. The third-order valence-electron chi connectivity index (χ3n) is 3.79. The molecule has 0 aliphatic carbocycles. The lowest BCUT2D eigenvalue weighted by Crippen LogP contribution is -2.32. The average Bonchev–Trinajstić information content (AvgIpc) is 2.50. The molecule has 1 aromatic carbocycles. The largest absolute Gasteiger partial charge is 0.486 e. The summed E-state index contributed by atoms with van der Waals surface area (Å²) >= 11 is 0. The predicted octanol–water partition coefficient (Wildman–Crippen LogP) is 2.84. The van der Waals surface area contributed by atoms with Crippen molar-refractivity contribution in [3.8, 4) is 5.75 Å². The highest BCUT2D eigenvalue weighted by molar-refractivity contribution is 5.98. The first-order valence-electron chi connectivity index (χ1n) is 7.45. The number of carbonyl (C=O) groups excluding carboxylic acids is 1. The zero-order chi connectivity index (χ0) is 14.5. The van der Waals surface area contributed by atoms with Crippen LogP contribution in [0.3, 0.4) is 0 Å². The van der Waals surface area contributed by atoms with Crippen LogP contribution in [0.1, 0.15) is 44.0 Å². The van der Waals surface area contributed by atoms with Crippen LogP contribution in [-0.4, -0.2) is 31.0 Å². The predicted molar refractivity (Wildman–Crippen MR) is 81.7 cm³/mol. The average molecular weight is 276 g/mol. The van der Waals surface area contributed by atoms with Crippen molar-refractivity contribution in [1.82, 2.24) is 5.32 Å². The molecular weight excluding hydrogens is 252 g/mol. The molecule has 1 aliphatic heterocycles. The number of hydrogen-bond donors (Lipinski definition) is 2. The normalized spacial score (nSPS) is 18.6. The van der Waals surface area contributed by atoms with Crippen LogP contribution in [0.15, 0.2) is 18.2 Å². The molecule has 0 aromatic heterocycles. The van der Waals surface area contributed by atoms with Crippen molar-refractivity contribution in [2.75, 3.05) is 18.4 Å². The first-order chi connectivity index (χ1) is 9.63. The maximum atomic E-state index is 12.1. The van der Waals surface area contributed by atoms with Crippen LogP contribution in [0.4, 0.5) is 5.69 Å². The summed E-state index contributed by atoms with van der Waals surface area (Å²) in [6, 6.07) is 5.99. The van der Waals surface area contributed by atoms with Crippen LogP contribution in [0, 0.1) is 0 Å². The number of benzene rings is 1. The minimum Gasteiger partial charge on any atom is -0.486 e. The molecule has 0 amide bonds. The molecule has 1 aliphatic rings. The van der Waals surface area contributed by atoms with Gasteiger partial charge in [0.2, 0.25) is 0 Å². The second-order valence-electron chi connectivity index (χ2n) is 5.35. The van der Waals surface area contributed by atoms with E-state index in [0.29, 0.717) is 12.6 Å². The van der Waals surface area contributed by atoms with Crippen LogP contribution in [0.2, 0.25) is 0 Å². The monoisotopic (exact) mass is 276 g/mol. The van der Waals surface area contributed by atoms with E-state index in [1.807, 2.05) is 18.2 Å². The maximum Gasteiger partial charge on any atom is 0.176 e. The molecule has 110 valence electrons. The summed E-state index contributed by atoms with van der Waals surface area (Å²) in [7, 11) is 0. The fourth-order valence-corrected chi connectivity index (χ4v) is 2.13. The van der Waals surface area contributed by atoms with Gasteiger partial charge in [0.05, 0.1) is 18.8 Å². The van der Waals surface area contributed by atoms with Gasteiger partial charge >= 0.3 is 0 Å². The number of rotatable bonds is 6. The Bertz CT molecular complexity index is 474. The number of anilines is 1. The van der Waals surface area contributed by atoms with Crippen molar-refractivity contribution in [2.45, 2.75) is 45.8 Å². The van der Waals surface area contributed by atoms with E-state index in [9.17, 15) is 4.79 Å². The molecular formula is C16H24N2O2. The van der Waals surface area contributed by atoms with E-state index in [-0.39, 0.29) is 11.9 Å². The summed E-state index contributed by atoms with van der Waals surface area (Å²) in [5.74, 6) is 0.960. The van der Waals surface area contributed by atoms with Gasteiger partial charge in [-0.25, -0.2) is 0 Å². The van der Waals surface area contributed by atoms with Gasteiger partial charge in [0.25, 0.3) is 0 Å². The lowest BCUT2D eigenvalue weighted by Gasteiger charge is -2.26. The van der Waals surface area contributed by atoms with Gasteiger partial charge in [0, 0.05) is 11.6 Å². The summed E-state index contributed by atoms with van der Waals surface area (Å²) < 4.78 is 5.84. The summed E-state index contributed by atoms with van der Waals surface area (Å²) in [5, 5.41) is 6.56. The summed E-state index contributed by atoms with van der Waals surface area (Å²) in [5.41, 5.74) is 1.65. The Kier molecular flexibility index (Phi) is 5.01. The van der Waals surface area contributed by atoms with Gasteiger partial charge in [-0.3, -0.25) is 4.79 Å². The van der Waals surface area contributed by atoms with E-state index in [1.54, 1.807) is 0 Å². The van der Waals surface area contributed by atoms with Crippen molar-refractivity contribution < 1.29 is 9.53 Å². The van der Waals surface area contributed by atoms with Crippen molar-refractivity contribution in [3.05, 3.63) is 23.8 Å². The fourth-order valence-electron chi connectivity index (χ4n) is 2.13. The maximum absolute atomic E-state index is 12.1. The van der Waals surface area contributed by atoms with Crippen LogP contribution >= 0.6 is 0 Å². The molecule has 0 bridgehead atoms. The number of carbonyl (C=O) groups is 1. The molecule has 0 radical (unpaired) electrons. The number of ketones is 1. The number of hydrogen-bond acceptors (Lipinski definition) is 4. The highest BCUT2D eigenvalue weighted by Crippen LogP contribution is 2.30. The molecule has 0 saturated carbocycles. The molecule has 2 N–H and O–H groups in total. The van der Waals surface area contributed by atoms with Crippen molar-refractivity contribution in [1.29, 1.82) is 0 Å². The Morgan fingerprint density at radius 2 is 2.30 bits per heavy atom. The van der Waals surface area contributed by atoms with Gasteiger partial charge in [0.15, 0.2) is 5.78 Å². The minimum atomic E-state index is 0.118. The molecule has 1 aromatic rings. The van der Waals surface area contributed by atoms with E-state index in [4.69, 9.17) is 4.74 Å². The van der Waals surface area contributed by atoms with Gasteiger partial charge in [-0.2, -0.15) is 0 Å². The van der Waals surface area contributed by atoms with Crippen LogP contribution in [-0.2, 0) is 0 Å². The standard InChI is InChI=1S/C16H24N2O2/c1-4-11(3)17-10-15(19)12-6-7-16-14(8-12)18-9-13(5-2)20-16/h6-8,11,13,17-18H,4-5,9-10H2,1-3H3. The van der Waals surface area contributed by atoms with Crippen LogP contribution in [0.5, 0.6) is 5.75 Å². The lowest BCUT2D eigenvalue weighted by atomic mass is 10.1. The van der Waals surface area contributed by atoms with Crippen LogP contribution in [0.25, 0.3) is 0 Å². The second kappa shape index (κ2) is 6.75. The third kappa shape index (κ3) is 3.51. The number of fused-ring (bicyclic) bond motifs is 1. The van der Waals surface area contributed by atoms with Gasteiger partial charge in [-0.1, -0.05) is 13.8 Å². The first kappa shape index (κ1) is 14.9. The first-order valence-corrected chi connectivity index (χ1v) is 7.45. The Labute approximate surface area is 120 Å². The zero-order valence-electron chi connectivity index (χ0n) is 12.5. The summed E-state index contributed by atoms with van der Waals surface area (Å²) in [4.78, 5) is 12.1. The number of Topliss-reactive ketones (excluding diaryl/α,β-unsaturated/α-hetero) is 1. The summed E-state index contributed by atoms with van der Waals surface area (Å²) in [6.45, 7) is 7.47. The van der Waals surface area contributed by atoms with Crippen molar-refractivity contribution in [2.24, 2.45) is 0 Å². The van der Waals surface area contributed by atoms with E-state index in [0.717, 1.165) is 36.4 Å². The van der Waals surface area contributed by atoms with Gasteiger partial charge in [-0.05, 0) is 38.0 Å². The highest BCUT2D eigenvalue weighted by Gasteiger charge is 2.19. The molecule has 2 rings (SSSR count). The number of ether oxygens (including phenoxy) is 1. The van der Waals surface area contributed by atoms with Gasteiger partial charge in [0.1, 0.15) is 11.9 Å². The van der Waals surface area contributed by atoms with Gasteiger partial charge in [-0.15, -0.1) is 0 Å². The Morgan fingerprint density at radius 1 is 1.50 bits per heavy atom. The quantitative estimate of drug-likeness (QED) is 0.784. The Balaban J connectivity index is 2.02.